The molecule has 42 heavy (non-hydrogen) atoms. The largest absolute Gasteiger partial charge is 0.496 e. The summed E-state index contributed by atoms with van der Waals surface area (Å²) in [6, 6.07) is 18.3. The molecule has 3 N–H and O–H groups in total. The van der Waals surface area contributed by atoms with E-state index >= 15 is 4.39 Å². The molecular weight excluding hydrogens is 555 g/mol. The Morgan fingerprint density at radius 3 is 2.64 bits per heavy atom. The second-order valence-electron chi connectivity index (χ2n) is 10.8. The van der Waals surface area contributed by atoms with Gasteiger partial charge in [-0.25, -0.2) is 14.4 Å². The maximum absolute atomic E-state index is 15.2. The van der Waals surface area contributed by atoms with Crippen LogP contribution in [0.25, 0.3) is 11.3 Å². The lowest BCUT2D eigenvalue weighted by Crippen LogP contribution is -2.54. The molecule has 3 heterocycles. The van der Waals surface area contributed by atoms with E-state index in [1.54, 1.807) is 30.5 Å². The number of nitrogens with zero attached hydrogens (tertiary/aromatic N) is 4. The number of methoxy groups -OCH3 is 1. The number of nitrogens with one attached hydrogen (secondary N) is 2. The molecule has 3 unspecified atom stereocenters. The van der Waals surface area contributed by atoms with E-state index in [9.17, 15) is 5.11 Å². The number of aliphatic hydroxyl groups excluding tert-OH is 1. The summed E-state index contributed by atoms with van der Waals surface area (Å²) in [6.07, 6.45) is 1.00. The zero-order valence-corrected chi connectivity index (χ0v) is 24.4. The van der Waals surface area contributed by atoms with Gasteiger partial charge in [0, 0.05) is 58.8 Å². The molecule has 1 fully saturated rings. The third kappa shape index (κ3) is 5.61. The molecule has 1 saturated heterocycles. The van der Waals surface area contributed by atoms with E-state index < -0.39 is 12.0 Å². The number of anilines is 2. The second kappa shape index (κ2) is 11.8. The standard InChI is InChI=1S/C32H32ClFN6O2/c1-18-16-40(17-19(2)37-18)31(41)20-6-4-7-23(12-20)38-32-36-15-21-14-35-30(28-26(34)8-5-9-27(28)42-3)25-13-22(33)10-11-24(25)29(21)39-32/h4-13,15,18-19,31,37,41H,14,16-17H2,1-3H3,(H,36,38,39). The van der Waals surface area contributed by atoms with Gasteiger partial charge >= 0.3 is 0 Å². The Morgan fingerprint density at radius 1 is 1.07 bits per heavy atom. The number of rotatable bonds is 6. The van der Waals surface area contributed by atoms with Crippen LogP contribution in [0.5, 0.6) is 5.75 Å². The third-order valence-corrected chi connectivity index (χ3v) is 7.80. The Bertz CT molecular complexity index is 1650. The van der Waals surface area contributed by atoms with Crippen LogP contribution in [0.4, 0.5) is 16.0 Å². The second-order valence-corrected chi connectivity index (χ2v) is 11.2. The molecule has 0 amide bonds. The average molecular weight is 587 g/mol. The molecule has 3 atom stereocenters. The molecule has 6 rings (SSSR count). The van der Waals surface area contributed by atoms with Gasteiger partial charge in [-0.05, 0) is 55.8 Å². The summed E-state index contributed by atoms with van der Waals surface area (Å²) in [4.78, 5) is 16.3. The first-order valence-corrected chi connectivity index (χ1v) is 14.3. The number of hydrogen-bond donors (Lipinski definition) is 3. The molecule has 0 radical (unpaired) electrons. The fourth-order valence-electron chi connectivity index (χ4n) is 5.79. The first-order valence-electron chi connectivity index (χ1n) is 13.9. The fourth-order valence-corrected chi connectivity index (χ4v) is 5.96. The van der Waals surface area contributed by atoms with Crippen molar-refractivity contribution in [1.29, 1.82) is 0 Å². The van der Waals surface area contributed by atoms with Crippen LogP contribution in [0.3, 0.4) is 0 Å². The summed E-state index contributed by atoms with van der Waals surface area (Å²) < 4.78 is 20.7. The summed E-state index contributed by atoms with van der Waals surface area (Å²) in [7, 11) is 1.51. The normalized spacial score (nSPS) is 19.2. The number of benzene rings is 3. The minimum atomic E-state index is -0.728. The Balaban J connectivity index is 1.33. The number of aliphatic hydroxyl groups is 1. The van der Waals surface area contributed by atoms with Crippen molar-refractivity contribution in [2.45, 2.75) is 38.7 Å². The Morgan fingerprint density at radius 2 is 1.86 bits per heavy atom. The van der Waals surface area contributed by atoms with Gasteiger partial charge in [0.15, 0.2) is 0 Å². The van der Waals surface area contributed by atoms with E-state index in [2.05, 4.69) is 34.4 Å². The number of ether oxygens (including phenoxy) is 1. The molecule has 2 aliphatic heterocycles. The molecule has 2 aliphatic rings. The van der Waals surface area contributed by atoms with Crippen molar-refractivity contribution in [3.63, 3.8) is 0 Å². The quantitative estimate of drug-likeness (QED) is 0.266. The number of piperazine rings is 1. The first kappa shape index (κ1) is 28.2. The Labute approximate surface area is 249 Å². The van der Waals surface area contributed by atoms with Gasteiger partial charge < -0.3 is 20.5 Å². The van der Waals surface area contributed by atoms with Crippen LogP contribution in [0.15, 0.2) is 71.9 Å². The zero-order chi connectivity index (χ0) is 29.4. The van der Waals surface area contributed by atoms with E-state index in [0.29, 0.717) is 45.8 Å². The molecule has 0 aliphatic carbocycles. The van der Waals surface area contributed by atoms with E-state index in [0.717, 1.165) is 35.5 Å². The van der Waals surface area contributed by atoms with Crippen molar-refractivity contribution in [2.75, 3.05) is 25.5 Å². The van der Waals surface area contributed by atoms with E-state index in [-0.39, 0.29) is 12.1 Å². The number of fused-ring (bicyclic) bond motifs is 3. The lowest BCUT2D eigenvalue weighted by molar-refractivity contribution is -0.0231. The minimum absolute atomic E-state index is 0.248. The summed E-state index contributed by atoms with van der Waals surface area (Å²) in [5, 5.41) is 18.4. The van der Waals surface area contributed by atoms with Crippen molar-refractivity contribution in [1.82, 2.24) is 20.2 Å². The van der Waals surface area contributed by atoms with Gasteiger partial charge in [-0.1, -0.05) is 35.9 Å². The number of aliphatic imine (C=N–C) groups is 1. The first-order chi connectivity index (χ1) is 20.3. The van der Waals surface area contributed by atoms with Crippen molar-refractivity contribution in [3.8, 4) is 17.0 Å². The number of hydrogen-bond acceptors (Lipinski definition) is 8. The highest BCUT2D eigenvalue weighted by Gasteiger charge is 2.28. The van der Waals surface area contributed by atoms with Crippen molar-refractivity contribution >= 4 is 28.9 Å². The zero-order valence-electron chi connectivity index (χ0n) is 23.6. The van der Waals surface area contributed by atoms with E-state index in [1.165, 1.54) is 13.2 Å². The SMILES string of the molecule is COc1cccc(F)c1C1=NCc2cnc(Nc3cccc(C(O)N4CC(C)NC(C)C4)c3)nc2-c2ccc(Cl)cc21. The molecule has 216 valence electrons. The number of halogens is 2. The highest BCUT2D eigenvalue weighted by molar-refractivity contribution is 6.31. The molecule has 3 aromatic carbocycles. The number of aromatic nitrogens is 2. The molecule has 10 heteroatoms. The summed E-state index contributed by atoms with van der Waals surface area (Å²) in [5.74, 6) is 0.328. The molecule has 1 aromatic heterocycles. The van der Waals surface area contributed by atoms with Crippen LogP contribution < -0.4 is 15.4 Å². The highest BCUT2D eigenvalue weighted by Crippen LogP contribution is 2.36. The predicted molar refractivity (Wildman–Crippen MR) is 163 cm³/mol. The third-order valence-electron chi connectivity index (χ3n) is 7.57. The van der Waals surface area contributed by atoms with Gasteiger partial charge in [-0.3, -0.25) is 9.89 Å². The minimum Gasteiger partial charge on any atom is -0.496 e. The van der Waals surface area contributed by atoms with Crippen LogP contribution in [0, 0.1) is 5.82 Å². The predicted octanol–water partition coefficient (Wildman–Crippen LogP) is 5.71. The monoisotopic (exact) mass is 586 g/mol. The van der Waals surface area contributed by atoms with Gasteiger partial charge in [-0.2, -0.15) is 0 Å². The van der Waals surface area contributed by atoms with Crippen molar-refractivity contribution < 1.29 is 14.2 Å². The molecule has 4 aromatic rings. The summed E-state index contributed by atoms with van der Waals surface area (Å²) in [6.45, 7) is 6.00. The van der Waals surface area contributed by atoms with Gasteiger partial charge in [0.2, 0.25) is 5.95 Å². The highest BCUT2D eigenvalue weighted by atomic mass is 35.5. The smallest absolute Gasteiger partial charge is 0.227 e. The molecule has 0 spiro atoms. The van der Waals surface area contributed by atoms with Crippen molar-refractivity contribution in [3.05, 3.63) is 100.0 Å². The topological polar surface area (TPSA) is 94.9 Å². The summed E-state index contributed by atoms with van der Waals surface area (Å²) >= 11 is 6.42. The van der Waals surface area contributed by atoms with Crippen LogP contribution in [0.2, 0.25) is 5.02 Å². The summed E-state index contributed by atoms with van der Waals surface area (Å²) in [5.41, 5.74) is 5.12. The molecule has 0 bridgehead atoms. The van der Waals surface area contributed by atoms with E-state index in [4.69, 9.17) is 26.3 Å². The van der Waals surface area contributed by atoms with Crippen LogP contribution in [0.1, 0.15) is 42.3 Å². The molecule has 0 saturated carbocycles. The van der Waals surface area contributed by atoms with Crippen LogP contribution in [-0.2, 0) is 6.54 Å². The van der Waals surface area contributed by atoms with Gasteiger partial charge in [0.25, 0.3) is 0 Å². The van der Waals surface area contributed by atoms with Crippen LogP contribution >= 0.6 is 11.6 Å². The maximum Gasteiger partial charge on any atom is 0.227 e. The Kier molecular flexibility index (Phi) is 7.92. The fraction of sp³-hybridized carbons (Fsp3) is 0.281. The van der Waals surface area contributed by atoms with Gasteiger partial charge in [0.05, 0.1) is 30.6 Å². The van der Waals surface area contributed by atoms with Gasteiger partial charge in [-0.15, -0.1) is 0 Å². The lowest BCUT2D eigenvalue weighted by atomic mass is 9.94. The maximum atomic E-state index is 15.2. The van der Waals surface area contributed by atoms with Crippen molar-refractivity contribution in [2.24, 2.45) is 4.99 Å². The van der Waals surface area contributed by atoms with Crippen LogP contribution in [-0.4, -0.2) is 58.0 Å². The molecular formula is C32H32ClFN6O2. The van der Waals surface area contributed by atoms with E-state index in [1.807, 2.05) is 30.3 Å². The average Bonchev–Trinajstić information content (AvgIpc) is 3.12. The Hall–Kier alpha value is -3.89. The molecule has 8 nitrogen and oxygen atoms in total. The van der Waals surface area contributed by atoms with Gasteiger partial charge in [0.1, 0.15) is 17.8 Å². The lowest BCUT2D eigenvalue weighted by Gasteiger charge is -2.39.